The molecule has 0 radical (unpaired) electrons. The molecule has 0 amide bonds. The summed E-state index contributed by atoms with van der Waals surface area (Å²) < 4.78 is 10.7. The number of nitrogens with one attached hydrogen (secondary N) is 1. The Balaban J connectivity index is 2.07. The fourth-order valence-corrected chi connectivity index (χ4v) is 2.65. The van der Waals surface area contributed by atoms with Crippen molar-refractivity contribution < 1.29 is 9.47 Å². The summed E-state index contributed by atoms with van der Waals surface area (Å²) in [7, 11) is 5.45. The van der Waals surface area contributed by atoms with Gasteiger partial charge in [0.1, 0.15) is 17.2 Å². The molecule has 20 heavy (non-hydrogen) atoms. The second-order valence-corrected chi connectivity index (χ2v) is 5.08. The van der Waals surface area contributed by atoms with E-state index in [2.05, 4.69) is 22.1 Å². The van der Waals surface area contributed by atoms with Gasteiger partial charge in [-0.1, -0.05) is 0 Å². The van der Waals surface area contributed by atoms with Crippen LogP contribution >= 0.6 is 0 Å². The number of methoxy groups -OCH3 is 2. The molecule has 0 saturated carbocycles. The zero-order valence-electron chi connectivity index (χ0n) is 12.1. The Hall–Kier alpha value is -2.01. The van der Waals surface area contributed by atoms with Gasteiger partial charge in [-0.2, -0.15) is 5.10 Å². The largest absolute Gasteiger partial charge is 0.497 e. The van der Waals surface area contributed by atoms with E-state index in [1.165, 1.54) is 11.3 Å². The maximum Gasteiger partial charge on any atom is 0.132 e. The zero-order chi connectivity index (χ0) is 14.1. The van der Waals surface area contributed by atoms with Crippen LogP contribution in [0.4, 0.5) is 0 Å². The first-order valence-corrected chi connectivity index (χ1v) is 6.70. The first kappa shape index (κ1) is 13.0. The van der Waals surface area contributed by atoms with Gasteiger partial charge in [0.05, 0.1) is 14.2 Å². The summed E-state index contributed by atoms with van der Waals surface area (Å²) in [5, 5.41) is 7.66. The summed E-state index contributed by atoms with van der Waals surface area (Å²) in [5.74, 6) is 1.57. The third-order valence-electron chi connectivity index (χ3n) is 3.79. The Labute approximate surface area is 118 Å². The van der Waals surface area contributed by atoms with Gasteiger partial charge in [-0.25, -0.2) is 0 Å². The number of H-pyrrole nitrogens is 1. The van der Waals surface area contributed by atoms with Crippen LogP contribution in [0.15, 0.2) is 18.2 Å². The van der Waals surface area contributed by atoms with Crippen LogP contribution in [0.2, 0.25) is 0 Å². The van der Waals surface area contributed by atoms with Gasteiger partial charge in [0.25, 0.3) is 0 Å². The van der Waals surface area contributed by atoms with Crippen molar-refractivity contribution in [3.8, 4) is 22.8 Å². The minimum absolute atomic E-state index is 0.784. The monoisotopic (exact) mass is 273 g/mol. The highest BCUT2D eigenvalue weighted by molar-refractivity contribution is 5.72. The number of benzene rings is 1. The number of aromatic amines is 1. The lowest BCUT2D eigenvalue weighted by Gasteiger charge is -2.22. The lowest BCUT2D eigenvalue weighted by atomic mass is 10.0. The number of hydrogen-bond acceptors (Lipinski definition) is 4. The summed E-state index contributed by atoms with van der Waals surface area (Å²) >= 11 is 0. The van der Waals surface area contributed by atoms with Gasteiger partial charge in [-0.3, -0.25) is 5.10 Å². The van der Waals surface area contributed by atoms with Crippen LogP contribution in [0.25, 0.3) is 11.3 Å². The van der Waals surface area contributed by atoms with E-state index in [9.17, 15) is 0 Å². The van der Waals surface area contributed by atoms with Gasteiger partial charge in [0.2, 0.25) is 0 Å². The quantitative estimate of drug-likeness (QED) is 0.930. The van der Waals surface area contributed by atoms with Gasteiger partial charge in [-0.05, 0) is 19.2 Å². The van der Waals surface area contributed by atoms with E-state index in [-0.39, 0.29) is 0 Å². The Kier molecular flexibility index (Phi) is 3.36. The number of rotatable bonds is 3. The van der Waals surface area contributed by atoms with Crippen LogP contribution in [-0.4, -0.2) is 42.9 Å². The third-order valence-corrected chi connectivity index (χ3v) is 3.79. The molecule has 0 fully saturated rings. The van der Waals surface area contributed by atoms with Crippen molar-refractivity contribution in [2.45, 2.75) is 13.0 Å². The number of aromatic nitrogens is 2. The van der Waals surface area contributed by atoms with Gasteiger partial charge >= 0.3 is 0 Å². The zero-order valence-corrected chi connectivity index (χ0v) is 12.1. The fraction of sp³-hybridized carbons (Fsp3) is 0.400. The summed E-state index contributed by atoms with van der Waals surface area (Å²) in [6, 6.07) is 5.83. The lowest BCUT2D eigenvalue weighted by molar-refractivity contribution is 0.312. The number of fused-ring (bicyclic) bond motifs is 1. The molecule has 1 aliphatic heterocycles. The van der Waals surface area contributed by atoms with Crippen LogP contribution in [0.1, 0.15) is 11.3 Å². The molecule has 3 rings (SSSR count). The molecule has 1 aliphatic rings. The van der Waals surface area contributed by atoms with Crippen LogP contribution in [0.5, 0.6) is 11.5 Å². The van der Waals surface area contributed by atoms with E-state index in [0.717, 1.165) is 42.3 Å². The van der Waals surface area contributed by atoms with Crippen molar-refractivity contribution in [3.63, 3.8) is 0 Å². The van der Waals surface area contributed by atoms with Crippen molar-refractivity contribution >= 4 is 0 Å². The number of ether oxygens (including phenoxy) is 2. The van der Waals surface area contributed by atoms with Crippen molar-refractivity contribution in [1.29, 1.82) is 0 Å². The highest BCUT2D eigenvalue weighted by atomic mass is 16.5. The standard InChI is InChI=1S/C15H19N3O2/c1-18-7-6-13-12(9-18)15(17-16-13)11-5-4-10(19-2)8-14(11)20-3/h4-5,8H,6-7,9H2,1-3H3,(H,16,17). The summed E-state index contributed by atoms with van der Waals surface area (Å²) in [5.41, 5.74) is 4.48. The molecular formula is C15H19N3O2. The number of nitrogens with zero attached hydrogens (tertiary/aromatic N) is 2. The van der Waals surface area contributed by atoms with E-state index in [1.54, 1.807) is 14.2 Å². The van der Waals surface area contributed by atoms with Crippen molar-refractivity contribution in [2.75, 3.05) is 27.8 Å². The second-order valence-electron chi connectivity index (χ2n) is 5.08. The highest BCUT2D eigenvalue weighted by Crippen LogP contribution is 2.36. The summed E-state index contributed by atoms with van der Waals surface area (Å²) in [4.78, 5) is 2.30. The van der Waals surface area contributed by atoms with Gasteiger partial charge in [0.15, 0.2) is 0 Å². The highest BCUT2D eigenvalue weighted by Gasteiger charge is 2.22. The van der Waals surface area contributed by atoms with Crippen LogP contribution in [0.3, 0.4) is 0 Å². The smallest absolute Gasteiger partial charge is 0.132 e. The Bertz CT molecular complexity index is 622. The molecule has 0 saturated heterocycles. The molecule has 2 aromatic rings. The van der Waals surface area contributed by atoms with E-state index in [4.69, 9.17) is 9.47 Å². The third kappa shape index (κ3) is 2.14. The van der Waals surface area contributed by atoms with Crippen molar-refractivity contribution in [3.05, 3.63) is 29.5 Å². The number of hydrogen-bond donors (Lipinski definition) is 1. The Morgan fingerprint density at radius 1 is 1.25 bits per heavy atom. The van der Waals surface area contributed by atoms with Gasteiger partial charge in [0, 0.05) is 42.4 Å². The molecule has 0 atom stereocenters. The first-order valence-electron chi connectivity index (χ1n) is 6.70. The van der Waals surface area contributed by atoms with Crippen LogP contribution in [0, 0.1) is 0 Å². The van der Waals surface area contributed by atoms with E-state index < -0.39 is 0 Å². The average molecular weight is 273 g/mol. The maximum atomic E-state index is 5.48. The SMILES string of the molecule is COc1ccc(-c2n[nH]c3c2CN(C)CC3)c(OC)c1. The molecule has 5 nitrogen and oxygen atoms in total. The van der Waals surface area contributed by atoms with Crippen molar-refractivity contribution in [2.24, 2.45) is 0 Å². The fourth-order valence-electron chi connectivity index (χ4n) is 2.65. The molecule has 0 spiro atoms. The molecular weight excluding hydrogens is 254 g/mol. The lowest BCUT2D eigenvalue weighted by Crippen LogP contribution is -2.26. The Morgan fingerprint density at radius 3 is 2.85 bits per heavy atom. The minimum atomic E-state index is 0.784. The average Bonchev–Trinajstić information content (AvgIpc) is 2.89. The van der Waals surface area contributed by atoms with Crippen molar-refractivity contribution in [1.82, 2.24) is 15.1 Å². The molecule has 0 aliphatic carbocycles. The van der Waals surface area contributed by atoms with E-state index in [1.807, 2.05) is 18.2 Å². The first-order chi connectivity index (χ1) is 9.72. The molecule has 106 valence electrons. The molecule has 1 aromatic heterocycles. The molecule has 0 unspecified atom stereocenters. The Morgan fingerprint density at radius 2 is 2.10 bits per heavy atom. The second kappa shape index (κ2) is 5.17. The molecule has 5 heteroatoms. The van der Waals surface area contributed by atoms with Crippen LogP contribution in [-0.2, 0) is 13.0 Å². The van der Waals surface area contributed by atoms with Crippen LogP contribution < -0.4 is 9.47 Å². The predicted octanol–water partition coefficient (Wildman–Crippen LogP) is 2.08. The topological polar surface area (TPSA) is 50.4 Å². The minimum Gasteiger partial charge on any atom is -0.497 e. The maximum absolute atomic E-state index is 5.48. The van der Waals surface area contributed by atoms with E-state index >= 15 is 0 Å². The molecule has 1 aromatic carbocycles. The summed E-state index contributed by atoms with van der Waals surface area (Å²) in [6.45, 7) is 1.98. The summed E-state index contributed by atoms with van der Waals surface area (Å²) in [6.07, 6.45) is 1.01. The number of likely N-dealkylation sites (N-methyl/N-ethyl adjacent to an activating group) is 1. The van der Waals surface area contributed by atoms with Gasteiger partial charge < -0.3 is 14.4 Å². The molecule has 2 heterocycles. The molecule has 0 bridgehead atoms. The van der Waals surface area contributed by atoms with E-state index in [0.29, 0.717) is 0 Å². The molecule has 1 N–H and O–H groups in total. The normalized spacial score (nSPS) is 14.9. The predicted molar refractivity (Wildman–Crippen MR) is 77.2 cm³/mol. The van der Waals surface area contributed by atoms with Gasteiger partial charge in [-0.15, -0.1) is 0 Å².